The molecule has 0 aromatic carbocycles. The molecule has 0 bridgehead atoms. The summed E-state index contributed by atoms with van der Waals surface area (Å²) < 4.78 is 0.813. The van der Waals surface area contributed by atoms with Crippen LogP contribution >= 0.6 is 47.0 Å². The van der Waals surface area contributed by atoms with E-state index in [0.29, 0.717) is 0 Å². The van der Waals surface area contributed by atoms with Crippen LogP contribution in [0, 0.1) is 0 Å². The van der Waals surface area contributed by atoms with Crippen LogP contribution in [0.15, 0.2) is 10.8 Å². The van der Waals surface area contributed by atoms with Gasteiger partial charge in [-0.15, -0.1) is 23.5 Å². The number of rotatable bonds is 1. The fourth-order valence-corrected chi connectivity index (χ4v) is 6.78. The lowest BCUT2D eigenvalue weighted by molar-refractivity contribution is 1.09. The van der Waals surface area contributed by atoms with Crippen LogP contribution in [0.1, 0.15) is 0 Å². The maximum atomic E-state index is 2.23. The van der Waals surface area contributed by atoms with E-state index in [0.717, 1.165) is 9.83 Å². The average molecular weight is 222 g/mol. The van der Waals surface area contributed by atoms with Crippen LogP contribution in [-0.4, -0.2) is 27.1 Å². The first-order valence-corrected chi connectivity index (χ1v) is 7.71. The summed E-state index contributed by atoms with van der Waals surface area (Å²) in [6, 6.07) is 0. The van der Waals surface area contributed by atoms with Crippen molar-refractivity contribution < 1.29 is 0 Å². The Morgan fingerprint density at radius 3 is 2.55 bits per heavy atom. The minimum Gasteiger partial charge on any atom is -0.160 e. The lowest BCUT2D eigenvalue weighted by Crippen LogP contribution is -2.22. The Labute approximate surface area is 84.7 Å². The number of hydrogen-bond donors (Lipinski definition) is 0. The fraction of sp³-hybridized carbons (Fsp3) is 0.714. The minimum atomic E-state index is 0.813. The Balaban J connectivity index is 1.83. The van der Waals surface area contributed by atoms with E-state index in [1.807, 2.05) is 23.5 Å². The third-order valence-electron chi connectivity index (χ3n) is 1.63. The van der Waals surface area contributed by atoms with Crippen molar-refractivity contribution in [3.63, 3.8) is 0 Å². The highest BCUT2D eigenvalue weighted by atomic mass is 32.2. The van der Waals surface area contributed by atoms with Gasteiger partial charge in [0.05, 0.1) is 4.58 Å². The van der Waals surface area contributed by atoms with Gasteiger partial charge < -0.3 is 0 Å². The Morgan fingerprint density at radius 2 is 1.91 bits per heavy atom. The second-order valence-electron chi connectivity index (χ2n) is 2.40. The van der Waals surface area contributed by atoms with E-state index in [-0.39, 0.29) is 0 Å². The quantitative estimate of drug-likeness (QED) is 0.668. The summed E-state index contributed by atoms with van der Waals surface area (Å²) in [5, 5.41) is 5.35. The van der Waals surface area contributed by atoms with Crippen molar-refractivity contribution in [1.29, 1.82) is 0 Å². The average Bonchev–Trinajstić information content (AvgIpc) is 2.58. The van der Waals surface area contributed by atoms with Gasteiger partial charge in [0.2, 0.25) is 0 Å². The van der Waals surface area contributed by atoms with Crippen LogP contribution in [0.4, 0.5) is 0 Å². The van der Waals surface area contributed by atoms with Crippen LogP contribution in [0.3, 0.4) is 0 Å². The molecular weight excluding hydrogens is 212 g/mol. The van der Waals surface area contributed by atoms with Gasteiger partial charge in [-0.1, -0.05) is 0 Å². The summed E-state index contributed by atoms with van der Waals surface area (Å²) >= 11 is 8.27. The van der Waals surface area contributed by atoms with E-state index in [1.165, 1.54) is 17.3 Å². The highest BCUT2D eigenvalue weighted by Gasteiger charge is 2.26. The molecule has 11 heavy (non-hydrogen) atoms. The summed E-state index contributed by atoms with van der Waals surface area (Å²) in [5.41, 5.74) is 0. The zero-order valence-corrected chi connectivity index (χ0v) is 9.33. The van der Waals surface area contributed by atoms with Crippen molar-refractivity contribution >= 4 is 47.0 Å². The highest BCUT2D eigenvalue weighted by molar-refractivity contribution is 8.23. The first-order valence-electron chi connectivity index (χ1n) is 3.62. The van der Waals surface area contributed by atoms with Crippen molar-refractivity contribution in [3.05, 3.63) is 10.8 Å². The van der Waals surface area contributed by atoms with Gasteiger partial charge in [-0.2, -0.15) is 23.5 Å². The molecule has 0 aliphatic carbocycles. The Kier molecular flexibility index (Phi) is 3.49. The molecule has 1 saturated heterocycles. The molecule has 1 unspecified atom stereocenters. The summed E-state index contributed by atoms with van der Waals surface area (Å²) in [6.07, 6.45) is 0. The van der Waals surface area contributed by atoms with E-state index in [4.69, 9.17) is 0 Å². The molecule has 0 amide bonds. The molecule has 0 aromatic rings. The van der Waals surface area contributed by atoms with E-state index in [1.54, 1.807) is 0 Å². The maximum Gasteiger partial charge on any atom is 0.0711 e. The normalized spacial score (nSPS) is 32.9. The van der Waals surface area contributed by atoms with Crippen LogP contribution < -0.4 is 0 Å². The SMILES string of the molecule is C1=CSC(C2CSCCS2)S1. The van der Waals surface area contributed by atoms with E-state index < -0.39 is 0 Å². The van der Waals surface area contributed by atoms with Crippen molar-refractivity contribution in [2.24, 2.45) is 0 Å². The van der Waals surface area contributed by atoms with Crippen molar-refractivity contribution in [2.45, 2.75) is 9.83 Å². The molecular formula is C7H10S4. The van der Waals surface area contributed by atoms with Crippen molar-refractivity contribution in [3.8, 4) is 0 Å². The second kappa shape index (κ2) is 4.40. The van der Waals surface area contributed by atoms with Gasteiger partial charge in [-0.25, -0.2) is 0 Å². The van der Waals surface area contributed by atoms with E-state index >= 15 is 0 Å². The van der Waals surface area contributed by atoms with Gasteiger partial charge >= 0.3 is 0 Å². The fourth-order valence-electron chi connectivity index (χ4n) is 1.09. The summed E-state index contributed by atoms with van der Waals surface area (Å²) in [6.45, 7) is 0. The topological polar surface area (TPSA) is 0 Å². The molecule has 0 nitrogen and oxygen atoms in total. The second-order valence-corrected chi connectivity index (χ2v) is 7.30. The van der Waals surface area contributed by atoms with Gasteiger partial charge in [-0.3, -0.25) is 0 Å². The Bertz CT molecular complexity index is 143. The summed E-state index contributed by atoms with van der Waals surface area (Å²) in [4.78, 5) is 0. The van der Waals surface area contributed by atoms with E-state index in [9.17, 15) is 0 Å². The zero-order valence-electron chi connectivity index (χ0n) is 6.06. The molecule has 2 aliphatic heterocycles. The third-order valence-corrected chi connectivity index (χ3v) is 7.45. The first kappa shape index (κ1) is 8.73. The smallest absolute Gasteiger partial charge is 0.0711 e. The predicted octanol–water partition coefficient (Wildman–Crippen LogP) is 3.11. The minimum absolute atomic E-state index is 0.813. The van der Waals surface area contributed by atoms with Crippen LogP contribution in [-0.2, 0) is 0 Å². The predicted molar refractivity (Wildman–Crippen MR) is 61.7 cm³/mol. The molecule has 0 spiro atoms. The van der Waals surface area contributed by atoms with Crippen molar-refractivity contribution in [1.82, 2.24) is 0 Å². The molecule has 2 rings (SSSR count). The van der Waals surface area contributed by atoms with E-state index in [2.05, 4.69) is 34.3 Å². The first-order chi connectivity index (χ1) is 5.47. The standard InChI is InChI=1S/C7H10S4/c1-2-9-6(5-8-1)7-10-3-4-11-7/h3-4,6-7H,1-2,5H2. The molecule has 0 N–H and O–H groups in total. The molecule has 0 aromatic heterocycles. The van der Waals surface area contributed by atoms with Gasteiger partial charge in [0.15, 0.2) is 0 Å². The number of hydrogen-bond acceptors (Lipinski definition) is 4. The monoisotopic (exact) mass is 222 g/mol. The van der Waals surface area contributed by atoms with Gasteiger partial charge in [-0.05, 0) is 10.8 Å². The molecule has 4 heteroatoms. The largest absolute Gasteiger partial charge is 0.160 e. The van der Waals surface area contributed by atoms with Crippen molar-refractivity contribution in [2.75, 3.05) is 17.3 Å². The highest BCUT2D eigenvalue weighted by Crippen LogP contribution is 2.42. The molecule has 1 fully saturated rings. The van der Waals surface area contributed by atoms with Gasteiger partial charge in [0.25, 0.3) is 0 Å². The lowest BCUT2D eigenvalue weighted by atomic mass is 10.5. The summed E-state index contributed by atoms with van der Waals surface area (Å²) in [7, 11) is 0. The van der Waals surface area contributed by atoms with Gasteiger partial charge in [0, 0.05) is 22.5 Å². The molecule has 1 atom stereocenters. The van der Waals surface area contributed by atoms with Crippen LogP contribution in [0.25, 0.3) is 0 Å². The number of thioether (sulfide) groups is 4. The molecule has 0 saturated carbocycles. The summed E-state index contributed by atoms with van der Waals surface area (Å²) in [5.74, 6) is 4.07. The third kappa shape index (κ3) is 2.29. The Hall–Kier alpha value is 1.14. The Morgan fingerprint density at radius 1 is 1.09 bits per heavy atom. The molecule has 2 aliphatic rings. The molecule has 62 valence electrons. The van der Waals surface area contributed by atoms with Gasteiger partial charge in [0.1, 0.15) is 0 Å². The molecule has 2 heterocycles. The lowest BCUT2D eigenvalue weighted by Gasteiger charge is -2.24. The van der Waals surface area contributed by atoms with Crippen LogP contribution in [0.2, 0.25) is 0 Å². The zero-order chi connectivity index (χ0) is 7.52. The molecule has 0 radical (unpaired) electrons. The maximum absolute atomic E-state index is 2.23. The van der Waals surface area contributed by atoms with Crippen LogP contribution in [0.5, 0.6) is 0 Å².